The molecule has 2 N–H and O–H groups in total. The van der Waals surface area contributed by atoms with Crippen molar-refractivity contribution < 1.29 is 9.90 Å². The second-order valence-corrected chi connectivity index (χ2v) is 4.88. The Hall–Kier alpha value is -1.49. The lowest BCUT2D eigenvalue weighted by Crippen LogP contribution is -2.16. The summed E-state index contributed by atoms with van der Waals surface area (Å²) in [5, 5.41) is 9.60. The largest absolute Gasteiger partial charge is 0.477 e. The van der Waals surface area contributed by atoms with E-state index < -0.39 is 11.5 Å². The molecule has 0 aliphatic rings. The van der Waals surface area contributed by atoms with E-state index in [0.29, 0.717) is 11.1 Å². The van der Waals surface area contributed by atoms with Crippen LogP contribution in [0.3, 0.4) is 0 Å². The van der Waals surface area contributed by atoms with Crippen molar-refractivity contribution in [1.29, 1.82) is 0 Å². The fraction of sp³-hybridized carbons (Fsp3) is 0. The predicted octanol–water partition coefficient (Wildman–Crippen LogP) is 3.70. The van der Waals surface area contributed by atoms with Crippen LogP contribution in [-0.4, -0.2) is 16.1 Å². The van der Waals surface area contributed by atoms with Crippen LogP contribution in [0, 0.1) is 0 Å². The van der Waals surface area contributed by atoms with Gasteiger partial charge in [0.2, 0.25) is 0 Å². The molecular weight excluding hydrogens is 312 g/mol. The molecule has 7 heteroatoms. The van der Waals surface area contributed by atoms with Crippen molar-refractivity contribution in [2.24, 2.45) is 0 Å². The first-order chi connectivity index (χ1) is 8.90. The van der Waals surface area contributed by atoms with Crippen molar-refractivity contribution >= 4 is 40.8 Å². The second kappa shape index (κ2) is 5.25. The van der Waals surface area contributed by atoms with Gasteiger partial charge in [0, 0.05) is 6.20 Å². The predicted molar refractivity (Wildman–Crippen MR) is 74.5 cm³/mol. The molecule has 0 spiro atoms. The molecule has 0 aliphatic heterocycles. The SMILES string of the molecule is O=C(O)c1cc(-c2cc(Cl)c(Cl)c(Cl)c2)c[nH]c1=O. The maximum Gasteiger partial charge on any atom is 0.341 e. The number of nitrogens with one attached hydrogen (secondary N) is 1. The summed E-state index contributed by atoms with van der Waals surface area (Å²) < 4.78 is 0. The van der Waals surface area contributed by atoms with Crippen LogP contribution in [0.15, 0.2) is 29.2 Å². The summed E-state index contributed by atoms with van der Waals surface area (Å²) in [6.07, 6.45) is 1.38. The number of hydrogen-bond donors (Lipinski definition) is 2. The lowest BCUT2D eigenvalue weighted by Gasteiger charge is -2.06. The molecule has 2 rings (SSSR count). The lowest BCUT2D eigenvalue weighted by atomic mass is 10.1. The number of aromatic amines is 1. The molecule has 0 saturated heterocycles. The van der Waals surface area contributed by atoms with Crippen LogP contribution in [0.5, 0.6) is 0 Å². The van der Waals surface area contributed by atoms with Crippen molar-refractivity contribution in [1.82, 2.24) is 4.98 Å². The minimum absolute atomic E-state index is 0.218. The third-order valence-electron chi connectivity index (χ3n) is 2.45. The van der Waals surface area contributed by atoms with Crippen LogP contribution in [0.1, 0.15) is 10.4 Å². The van der Waals surface area contributed by atoms with E-state index in [1.54, 1.807) is 0 Å². The van der Waals surface area contributed by atoms with E-state index in [1.807, 2.05) is 0 Å². The van der Waals surface area contributed by atoms with E-state index in [1.165, 1.54) is 24.4 Å². The van der Waals surface area contributed by atoms with Crippen LogP contribution in [-0.2, 0) is 0 Å². The summed E-state index contributed by atoms with van der Waals surface area (Å²) in [4.78, 5) is 24.6. The van der Waals surface area contributed by atoms with Crippen molar-refractivity contribution in [3.05, 3.63) is 55.4 Å². The smallest absolute Gasteiger partial charge is 0.341 e. The van der Waals surface area contributed by atoms with Crippen molar-refractivity contribution in [2.45, 2.75) is 0 Å². The number of hydrogen-bond acceptors (Lipinski definition) is 2. The third-order valence-corrected chi connectivity index (χ3v) is 3.65. The Morgan fingerprint density at radius 3 is 2.16 bits per heavy atom. The van der Waals surface area contributed by atoms with Gasteiger partial charge in [0.25, 0.3) is 5.56 Å². The monoisotopic (exact) mass is 317 g/mol. The molecule has 2 aromatic rings. The topological polar surface area (TPSA) is 70.2 Å². The van der Waals surface area contributed by atoms with E-state index >= 15 is 0 Å². The van der Waals surface area contributed by atoms with Gasteiger partial charge in [0.05, 0.1) is 15.1 Å². The quantitative estimate of drug-likeness (QED) is 0.829. The number of halogens is 3. The Morgan fingerprint density at radius 1 is 1.05 bits per heavy atom. The zero-order chi connectivity index (χ0) is 14.2. The molecule has 0 atom stereocenters. The molecule has 1 heterocycles. The Labute approximate surface area is 122 Å². The molecule has 4 nitrogen and oxygen atoms in total. The van der Waals surface area contributed by atoms with Crippen molar-refractivity contribution in [3.63, 3.8) is 0 Å². The number of pyridine rings is 1. The van der Waals surface area contributed by atoms with Gasteiger partial charge in [-0.25, -0.2) is 4.79 Å². The molecule has 0 radical (unpaired) electrons. The fourth-order valence-corrected chi connectivity index (χ4v) is 2.13. The Kier molecular flexibility index (Phi) is 3.85. The molecule has 0 unspecified atom stereocenters. The molecule has 0 fully saturated rings. The Bertz CT molecular complexity index is 701. The van der Waals surface area contributed by atoms with Crippen LogP contribution < -0.4 is 5.56 Å². The molecule has 1 aromatic carbocycles. The maximum atomic E-state index is 11.3. The average molecular weight is 319 g/mol. The summed E-state index contributed by atoms with van der Waals surface area (Å²) in [5.41, 5.74) is -0.0160. The summed E-state index contributed by atoms with van der Waals surface area (Å²) in [7, 11) is 0. The molecule has 0 bridgehead atoms. The van der Waals surface area contributed by atoms with Gasteiger partial charge >= 0.3 is 5.97 Å². The average Bonchev–Trinajstić information content (AvgIpc) is 2.35. The van der Waals surface area contributed by atoms with Gasteiger partial charge in [-0.2, -0.15) is 0 Å². The number of aromatic carboxylic acids is 1. The maximum absolute atomic E-state index is 11.3. The molecule has 0 saturated carbocycles. The number of H-pyrrole nitrogens is 1. The number of carboxylic acids is 1. The summed E-state index contributed by atoms with van der Waals surface area (Å²) >= 11 is 17.6. The van der Waals surface area contributed by atoms with Gasteiger partial charge in [-0.15, -0.1) is 0 Å². The molecule has 1 aromatic heterocycles. The Balaban J connectivity index is 2.63. The van der Waals surface area contributed by atoms with Gasteiger partial charge in [0.15, 0.2) is 0 Å². The van der Waals surface area contributed by atoms with Crippen molar-refractivity contribution in [2.75, 3.05) is 0 Å². The highest BCUT2D eigenvalue weighted by Crippen LogP contribution is 2.34. The second-order valence-electron chi connectivity index (χ2n) is 3.69. The summed E-state index contributed by atoms with van der Waals surface area (Å²) in [6, 6.07) is 4.32. The van der Waals surface area contributed by atoms with Crippen molar-refractivity contribution in [3.8, 4) is 11.1 Å². The lowest BCUT2D eigenvalue weighted by molar-refractivity contribution is 0.0695. The van der Waals surface area contributed by atoms with Gasteiger partial charge in [-0.1, -0.05) is 34.8 Å². The van der Waals surface area contributed by atoms with E-state index in [2.05, 4.69) is 4.98 Å². The molecule has 19 heavy (non-hydrogen) atoms. The molecular formula is C12H6Cl3NO3. The highest BCUT2D eigenvalue weighted by atomic mass is 35.5. The fourth-order valence-electron chi connectivity index (χ4n) is 1.53. The van der Waals surface area contributed by atoms with E-state index in [4.69, 9.17) is 39.9 Å². The van der Waals surface area contributed by atoms with Crippen LogP contribution in [0.25, 0.3) is 11.1 Å². The first-order valence-corrected chi connectivity index (χ1v) is 6.14. The Morgan fingerprint density at radius 2 is 1.63 bits per heavy atom. The molecule has 98 valence electrons. The summed E-state index contributed by atoms with van der Waals surface area (Å²) in [5.74, 6) is -1.31. The zero-order valence-electron chi connectivity index (χ0n) is 9.21. The van der Waals surface area contributed by atoms with E-state index in [-0.39, 0.29) is 20.6 Å². The number of benzene rings is 1. The number of carbonyl (C=O) groups is 1. The minimum atomic E-state index is -1.31. The van der Waals surface area contributed by atoms with Gasteiger partial charge in [-0.05, 0) is 29.3 Å². The third kappa shape index (κ3) is 2.76. The van der Waals surface area contributed by atoms with Crippen LogP contribution in [0.2, 0.25) is 15.1 Å². The zero-order valence-corrected chi connectivity index (χ0v) is 11.5. The minimum Gasteiger partial charge on any atom is -0.477 e. The highest BCUT2D eigenvalue weighted by Gasteiger charge is 2.12. The standard InChI is InChI=1S/C12H6Cl3NO3/c13-8-2-5(3-9(14)10(8)15)6-1-7(12(18)19)11(17)16-4-6/h1-4H,(H,16,17)(H,18,19). The normalized spacial score (nSPS) is 10.5. The van der Waals surface area contributed by atoms with Crippen LogP contribution in [0.4, 0.5) is 0 Å². The number of carboxylic acid groups (broad SMARTS) is 1. The molecule has 0 aliphatic carbocycles. The van der Waals surface area contributed by atoms with Gasteiger partial charge in [0.1, 0.15) is 5.56 Å². The first kappa shape index (κ1) is 13.9. The van der Waals surface area contributed by atoms with E-state index in [9.17, 15) is 9.59 Å². The number of rotatable bonds is 2. The summed E-state index contributed by atoms with van der Waals surface area (Å²) in [6.45, 7) is 0. The van der Waals surface area contributed by atoms with Crippen LogP contribution >= 0.6 is 34.8 Å². The van der Waals surface area contributed by atoms with Gasteiger partial charge < -0.3 is 10.1 Å². The number of aromatic nitrogens is 1. The highest BCUT2D eigenvalue weighted by molar-refractivity contribution is 6.48. The molecule has 0 amide bonds. The first-order valence-electron chi connectivity index (χ1n) is 5.01. The van der Waals surface area contributed by atoms with E-state index in [0.717, 1.165) is 0 Å². The van der Waals surface area contributed by atoms with Gasteiger partial charge in [-0.3, -0.25) is 4.79 Å².